The summed E-state index contributed by atoms with van der Waals surface area (Å²) in [5.74, 6) is 0.485. The zero-order valence-corrected chi connectivity index (χ0v) is 16.3. The maximum Gasteiger partial charge on any atom is 0.191 e. The Morgan fingerprint density at radius 3 is 2.74 bits per heavy atom. The minimum absolute atomic E-state index is 0.252. The molecule has 0 unspecified atom stereocenters. The van der Waals surface area contributed by atoms with Gasteiger partial charge in [0, 0.05) is 37.3 Å². The lowest BCUT2D eigenvalue weighted by molar-refractivity contribution is 0.627. The fourth-order valence-corrected chi connectivity index (χ4v) is 3.32. The average molecular weight is 387 g/mol. The summed E-state index contributed by atoms with van der Waals surface area (Å²) in [6, 6.07) is 8.24. The Labute approximate surface area is 162 Å². The van der Waals surface area contributed by atoms with Crippen LogP contribution in [0.15, 0.2) is 47.7 Å². The number of rotatable bonds is 7. The molecule has 142 valence electrons. The first kappa shape index (κ1) is 19.0. The van der Waals surface area contributed by atoms with Gasteiger partial charge < -0.3 is 10.6 Å². The van der Waals surface area contributed by atoms with Crippen LogP contribution in [0.2, 0.25) is 0 Å². The second-order valence-corrected chi connectivity index (χ2v) is 7.10. The molecule has 2 heterocycles. The molecule has 0 saturated carbocycles. The van der Waals surface area contributed by atoms with E-state index in [9.17, 15) is 4.39 Å². The van der Waals surface area contributed by atoms with E-state index in [-0.39, 0.29) is 5.82 Å². The second kappa shape index (κ2) is 9.27. The fraction of sp³-hybridized carbons (Fsp3) is 0.316. The molecule has 0 atom stereocenters. The summed E-state index contributed by atoms with van der Waals surface area (Å²) < 4.78 is 14.8. The Morgan fingerprint density at radius 2 is 2.04 bits per heavy atom. The third kappa shape index (κ3) is 5.37. The molecule has 2 aromatic heterocycles. The normalized spacial score (nSPS) is 11.6. The van der Waals surface area contributed by atoms with Crippen molar-refractivity contribution in [2.45, 2.75) is 26.3 Å². The van der Waals surface area contributed by atoms with Gasteiger partial charge in [0.2, 0.25) is 0 Å². The lowest BCUT2D eigenvalue weighted by Gasteiger charge is -2.10. The van der Waals surface area contributed by atoms with Gasteiger partial charge in [-0.05, 0) is 36.8 Å². The first-order valence-electron chi connectivity index (χ1n) is 8.86. The number of nitrogens with zero attached hydrogens (tertiary/aromatic N) is 4. The van der Waals surface area contributed by atoms with Crippen LogP contribution in [-0.4, -0.2) is 34.3 Å². The van der Waals surface area contributed by atoms with E-state index in [0.29, 0.717) is 13.1 Å². The summed E-state index contributed by atoms with van der Waals surface area (Å²) in [4.78, 5) is 9.91. The highest BCUT2D eigenvalue weighted by Gasteiger charge is 2.05. The molecule has 27 heavy (non-hydrogen) atoms. The minimum atomic E-state index is -0.252. The summed E-state index contributed by atoms with van der Waals surface area (Å²) in [7, 11) is 1.75. The number of benzene rings is 1. The Bertz CT molecular complexity index is 884. The maximum absolute atomic E-state index is 13.0. The van der Waals surface area contributed by atoms with Crippen LogP contribution in [0.3, 0.4) is 0 Å². The van der Waals surface area contributed by atoms with Gasteiger partial charge in [-0.1, -0.05) is 6.92 Å². The molecule has 1 aromatic carbocycles. The van der Waals surface area contributed by atoms with Crippen molar-refractivity contribution in [3.05, 3.63) is 64.1 Å². The van der Waals surface area contributed by atoms with Crippen molar-refractivity contribution >= 4 is 17.3 Å². The highest BCUT2D eigenvalue weighted by molar-refractivity contribution is 7.11. The Kier molecular flexibility index (Phi) is 6.54. The van der Waals surface area contributed by atoms with Gasteiger partial charge >= 0.3 is 0 Å². The maximum atomic E-state index is 13.0. The molecule has 2 N–H and O–H groups in total. The van der Waals surface area contributed by atoms with Crippen LogP contribution in [0.5, 0.6) is 0 Å². The monoisotopic (exact) mass is 386 g/mol. The molecular formula is C19H23FN6S. The van der Waals surface area contributed by atoms with Crippen molar-refractivity contribution < 1.29 is 4.39 Å². The van der Waals surface area contributed by atoms with E-state index in [1.807, 2.05) is 18.5 Å². The summed E-state index contributed by atoms with van der Waals surface area (Å²) in [5, 5.41) is 12.1. The number of aromatic nitrogens is 3. The number of aryl methyl sites for hydroxylation is 1. The van der Waals surface area contributed by atoms with Gasteiger partial charge in [-0.25, -0.2) is 14.1 Å². The summed E-state index contributed by atoms with van der Waals surface area (Å²) >= 11 is 1.71. The summed E-state index contributed by atoms with van der Waals surface area (Å²) in [6.07, 6.45) is 5.57. The molecule has 0 aliphatic rings. The smallest absolute Gasteiger partial charge is 0.191 e. The van der Waals surface area contributed by atoms with Crippen LogP contribution in [0, 0.1) is 5.82 Å². The minimum Gasteiger partial charge on any atom is -0.356 e. The fourth-order valence-electron chi connectivity index (χ4n) is 2.51. The van der Waals surface area contributed by atoms with Gasteiger partial charge in [0.05, 0.1) is 17.9 Å². The number of nitrogens with one attached hydrogen (secondary N) is 2. The van der Waals surface area contributed by atoms with Gasteiger partial charge in [0.25, 0.3) is 0 Å². The van der Waals surface area contributed by atoms with Crippen molar-refractivity contribution in [3.8, 4) is 5.69 Å². The molecular weight excluding hydrogens is 363 g/mol. The van der Waals surface area contributed by atoms with Crippen LogP contribution in [0.1, 0.15) is 22.5 Å². The van der Waals surface area contributed by atoms with Crippen LogP contribution in [0.4, 0.5) is 4.39 Å². The zero-order valence-electron chi connectivity index (χ0n) is 15.4. The third-order valence-corrected chi connectivity index (χ3v) is 5.13. The first-order valence-corrected chi connectivity index (χ1v) is 9.68. The number of hydrogen-bond donors (Lipinski definition) is 2. The predicted molar refractivity (Wildman–Crippen MR) is 107 cm³/mol. The van der Waals surface area contributed by atoms with E-state index in [4.69, 9.17) is 0 Å². The number of thiazole rings is 1. The van der Waals surface area contributed by atoms with Crippen LogP contribution < -0.4 is 10.6 Å². The molecule has 0 radical (unpaired) electrons. The quantitative estimate of drug-likeness (QED) is 0.484. The molecule has 3 rings (SSSR count). The highest BCUT2D eigenvalue weighted by Crippen LogP contribution is 2.12. The van der Waals surface area contributed by atoms with Crippen molar-refractivity contribution in [1.82, 2.24) is 25.4 Å². The van der Waals surface area contributed by atoms with E-state index in [1.54, 1.807) is 35.2 Å². The molecule has 0 saturated heterocycles. The zero-order chi connectivity index (χ0) is 19.1. The Hall–Kier alpha value is -2.74. The molecule has 6 nitrogen and oxygen atoms in total. The van der Waals surface area contributed by atoms with Crippen molar-refractivity contribution in [3.63, 3.8) is 0 Å². The first-order chi connectivity index (χ1) is 13.2. The van der Waals surface area contributed by atoms with Crippen molar-refractivity contribution in [2.24, 2.45) is 4.99 Å². The van der Waals surface area contributed by atoms with E-state index < -0.39 is 0 Å². The van der Waals surface area contributed by atoms with Gasteiger partial charge in [-0.3, -0.25) is 4.99 Å². The van der Waals surface area contributed by atoms with Gasteiger partial charge in [-0.2, -0.15) is 5.10 Å². The molecule has 0 aliphatic carbocycles. The van der Waals surface area contributed by atoms with Crippen LogP contribution in [0.25, 0.3) is 5.69 Å². The molecule has 0 fully saturated rings. The number of guanidine groups is 1. The summed E-state index contributed by atoms with van der Waals surface area (Å²) in [5.41, 5.74) is 1.79. The van der Waals surface area contributed by atoms with E-state index >= 15 is 0 Å². The topological polar surface area (TPSA) is 67.1 Å². The average Bonchev–Trinajstić information content (AvgIpc) is 3.34. The SMILES string of the molecule is CCc1cnc(CNC(=NC)NCCc2ccn(-c3ccc(F)cc3)n2)s1. The molecule has 0 bridgehead atoms. The van der Waals surface area contributed by atoms with E-state index in [0.717, 1.165) is 35.2 Å². The Morgan fingerprint density at radius 1 is 1.22 bits per heavy atom. The number of hydrogen-bond acceptors (Lipinski definition) is 4. The van der Waals surface area contributed by atoms with Gasteiger partial charge in [-0.15, -0.1) is 11.3 Å². The van der Waals surface area contributed by atoms with E-state index in [2.05, 4.69) is 32.6 Å². The lowest BCUT2D eigenvalue weighted by Crippen LogP contribution is -2.37. The summed E-state index contributed by atoms with van der Waals surface area (Å²) in [6.45, 7) is 3.49. The molecule has 0 spiro atoms. The lowest BCUT2D eigenvalue weighted by atomic mass is 10.3. The molecule has 0 amide bonds. The molecule has 8 heteroatoms. The van der Waals surface area contributed by atoms with Crippen molar-refractivity contribution in [2.75, 3.05) is 13.6 Å². The predicted octanol–water partition coefficient (Wildman–Crippen LogP) is 2.94. The number of halogens is 1. The molecule has 0 aliphatic heterocycles. The third-order valence-electron chi connectivity index (χ3n) is 3.99. The standard InChI is InChI=1S/C19H23FN6S/c1-3-17-12-23-18(27-17)13-24-19(21-2)22-10-8-15-9-11-26(25-15)16-6-4-14(20)5-7-16/h4-7,9,11-12H,3,8,10,13H2,1-2H3,(H2,21,22,24). The number of aliphatic imine (C=N–C) groups is 1. The Balaban J connectivity index is 1.46. The van der Waals surface area contributed by atoms with E-state index in [1.165, 1.54) is 17.0 Å². The van der Waals surface area contributed by atoms with Gasteiger partial charge in [0.1, 0.15) is 10.8 Å². The largest absolute Gasteiger partial charge is 0.356 e. The highest BCUT2D eigenvalue weighted by atomic mass is 32.1. The molecule has 3 aromatic rings. The van der Waals surface area contributed by atoms with Crippen molar-refractivity contribution in [1.29, 1.82) is 0 Å². The second-order valence-electron chi connectivity index (χ2n) is 5.90. The van der Waals surface area contributed by atoms with Crippen LogP contribution >= 0.6 is 11.3 Å². The van der Waals surface area contributed by atoms with Crippen LogP contribution in [-0.2, 0) is 19.4 Å². The van der Waals surface area contributed by atoms with Gasteiger partial charge in [0.15, 0.2) is 5.96 Å².